The van der Waals surface area contributed by atoms with Crippen LogP contribution >= 0.6 is 11.6 Å². The van der Waals surface area contributed by atoms with Crippen LogP contribution in [0.25, 0.3) is 0 Å². The lowest BCUT2D eigenvalue weighted by Gasteiger charge is -2.40. The van der Waals surface area contributed by atoms with Crippen molar-refractivity contribution in [2.45, 2.75) is 30.6 Å². The third-order valence-electron chi connectivity index (χ3n) is 6.04. The summed E-state index contributed by atoms with van der Waals surface area (Å²) in [5.74, 6) is 0.121. The van der Waals surface area contributed by atoms with E-state index in [-0.39, 0.29) is 17.3 Å². The molecular weight excluding hydrogens is 480 g/mol. The van der Waals surface area contributed by atoms with Gasteiger partial charge in [-0.3, -0.25) is 14.6 Å². The SMILES string of the molecule is CC1=CN2C(=NC3C2C(=O)N(Cc2cccc(Cl)c2)C(=O)N3C)N1c1ccc(S(N)(=O)=O)cc1. The van der Waals surface area contributed by atoms with Crippen molar-refractivity contribution < 1.29 is 18.0 Å². The number of hydrogen-bond donors (Lipinski definition) is 1. The van der Waals surface area contributed by atoms with Gasteiger partial charge in [0, 0.05) is 29.7 Å². The van der Waals surface area contributed by atoms with Crippen molar-refractivity contribution in [1.82, 2.24) is 14.7 Å². The lowest BCUT2D eigenvalue weighted by Crippen LogP contribution is -2.63. The van der Waals surface area contributed by atoms with Gasteiger partial charge in [0.15, 0.2) is 12.2 Å². The van der Waals surface area contributed by atoms with Crippen molar-refractivity contribution in [3.8, 4) is 0 Å². The first kappa shape index (κ1) is 22.4. The number of amides is 3. The van der Waals surface area contributed by atoms with E-state index in [9.17, 15) is 18.0 Å². The zero-order chi connectivity index (χ0) is 24.4. The Morgan fingerprint density at radius 2 is 1.82 bits per heavy atom. The Morgan fingerprint density at radius 3 is 2.47 bits per heavy atom. The predicted molar refractivity (Wildman–Crippen MR) is 126 cm³/mol. The van der Waals surface area contributed by atoms with E-state index in [0.717, 1.165) is 11.3 Å². The monoisotopic (exact) mass is 500 g/mol. The zero-order valence-electron chi connectivity index (χ0n) is 18.3. The fourth-order valence-corrected chi connectivity index (χ4v) is 5.15. The largest absolute Gasteiger partial charge is 0.328 e. The predicted octanol–water partition coefficient (Wildman–Crippen LogP) is 2.13. The first-order valence-corrected chi connectivity index (χ1v) is 12.3. The number of urea groups is 1. The summed E-state index contributed by atoms with van der Waals surface area (Å²) in [6, 6.07) is 11.9. The van der Waals surface area contributed by atoms with Crippen molar-refractivity contribution in [3.05, 3.63) is 71.0 Å². The van der Waals surface area contributed by atoms with Gasteiger partial charge in [0.1, 0.15) is 0 Å². The van der Waals surface area contributed by atoms with Crippen molar-refractivity contribution in [2.24, 2.45) is 10.1 Å². The summed E-state index contributed by atoms with van der Waals surface area (Å²) >= 11 is 6.07. The average molecular weight is 501 g/mol. The van der Waals surface area contributed by atoms with Crippen LogP contribution in [0.5, 0.6) is 0 Å². The van der Waals surface area contributed by atoms with Crippen molar-refractivity contribution in [1.29, 1.82) is 0 Å². The third-order valence-corrected chi connectivity index (χ3v) is 7.21. The lowest BCUT2D eigenvalue weighted by molar-refractivity contribution is -0.137. The summed E-state index contributed by atoms with van der Waals surface area (Å²) in [7, 11) is -2.21. The third kappa shape index (κ3) is 3.52. The van der Waals surface area contributed by atoms with Crippen LogP contribution in [-0.2, 0) is 21.4 Å². The molecule has 12 heteroatoms. The molecule has 0 spiro atoms. The molecular formula is C22H21ClN6O4S. The molecule has 2 N–H and O–H groups in total. The van der Waals surface area contributed by atoms with Crippen LogP contribution in [0, 0.1) is 0 Å². The molecule has 2 aromatic carbocycles. The number of likely N-dealkylation sites (N-methyl/N-ethyl adjacent to an activating group) is 1. The molecule has 3 heterocycles. The maximum atomic E-state index is 13.5. The molecule has 0 aliphatic carbocycles. The molecule has 3 aliphatic heterocycles. The van der Waals surface area contributed by atoms with Crippen molar-refractivity contribution >= 4 is 45.2 Å². The number of allylic oxidation sites excluding steroid dienone is 1. The molecule has 0 saturated carbocycles. The number of anilines is 1. The number of primary sulfonamides is 1. The Bertz CT molecular complexity index is 1370. The fraction of sp³-hybridized carbons (Fsp3) is 0.227. The highest BCUT2D eigenvalue weighted by atomic mass is 35.5. The van der Waals surface area contributed by atoms with E-state index in [4.69, 9.17) is 21.7 Å². The quantitative estimate of drug-likeness (QED) is 0.686. The van der Waals surface area contributed by atoms with Gasteiger partial charge in [0.05, 0.1) is 11.4 Å². The molecule has 34 heavy (non-hydrogen) atoms. The topological polar surface area (TPSA) is 120 Å². The van der Waals surface area contributed by atoms with E-state index in [0.29, 0.717) is 16.7 Å². The summed E-state index contributed by atoms with van der Waals surface area (Å²) in [5.41, 5.74) is 2.18. The van der Waals surface area contributed by atoms with Crippen LogP contribution < -0.4 is 10.0 Å². The van der Waals surface area contributed by atoms with E-state index in [1.165, 1.54) is 21.9 Å². The minimum atomic E-state index is -3.82. The Labute approximate surface area is 201 Å². The highest BCUT2D eigenvalue weighted by Gasteiger charge is 2.54. The smallest absolute Gasteiger partial charge is 0.302 e. The number of benzene rings is 2. The first-order chi connectivity index (χ1) is 16.1. The molecule has 10 nitrogen and oxygen atoms in total. The van der Waals surface area contributed by atoms with E-state index in [2.05, 4.69) is 0 Å². The maximum absolute atomic E-state index is 13.5. The summed E-state index contributed by atoms with van der Waals surface area (Å²) < 4.78 is 23.2. The molecule has 0 aromatic heterocycles. The Balaban J connectivity index is 1.46. The number of fused-ring (bicyclic) bond motifs is 3. The molecule has 2 aromatic rings. The van der Waals surface area contributed by atoms with Crippen LogP contribution in [0.2, 0.25) is 5.02 Å². The van der Waals surface area contributed by atoms with E-state index >= 15 is 0 Å². The normalized spacial score (nSPS) is 22.1. The standard InChI is InChI=1S/C22H21ClN6O4S/c1-13-11-27-18-19(25-21(27)29(13)16-6-8-17(9-7-16)34(24,32)33)26(2)22(31)28(20(18)30)12-14-4-3-5-15(23)10-14/h3-11,18-19H,12H2,1-2H3,(H2,24,32,33). The van der Waals surface area contributed by atoms with Crippen LogP contribution in [0.1, 0.15) is 12.5 Å². The number of aliphatic imine (C=N–C) groups is 1. The summed E-state index contributed by atoms with van der Waals surface area (Å²) in [6.45, 7) is 1.95. The minimum Gasteiger partial charge on any atom is -0.302 e. The van der Waals surface area contributed by atoms with E-state index in [1.54, 1.807) is 53.4 Å². The highest BCUT2D eigenvalue weighted by Crippen LogP contribution is 2.37. The summed E-state index contributed by atoms with van der Waals surface area (Å²) in [4.78, 5) is 37.5. The van der Waals surface area contributed by atoms with Gasteiger partial charge in [-0.25, -0.2) is 23.3 Å². The lowest BCUT2D eigenvalue weighted by atomic mass is 10.1. The van der Waals surface area contributed by atoms with Gasteiger partial charge in [-0.2, -0.15) is 0 Å². The van der Waals surface area contributed by atoms with Crippen molar-refractivity contribution in [2.75, 3.05) is 11.9 Å². The van der Waals surface area contributed by atoms with Gasteiger partial charge in [0.2, 0.25) is 16.0 Å². The first-order valence-electron chi connectivity index (χ1n) is 10.4. The van der Waals surface area contributed by atoms with Crippen molar-refractivity contribution in [3.63, 3.8) is 0 Å². The Hall–Kier alpha value is -3.41. The fourth-order valence-electron chi connectivity index (χ4n) is 4.42. The number of carbonyl (C=O) groups is 2. The van der Waals surface area contributed by atoms with Crippen LogP contribution in [-0.4, -0.2) is 60.3 Å². The van der Waals surface area contributed by atoms with Crippen LogP contribution in [0.4, 0.5) is 10.5 Å². The molecule has 0 radical (unpaired) electrons. The summed E-state index contributed by atoms with van der Waals surface area (Å²) in [6.07, 6.45) is 1.11. The molecule has 2 unspecified atom stereocenters. The molecule has 0 bridgehead atoms. The number of guanidine groups is 1. The Kier molecular flexibility index (Phi) is 5.15. The number of nitrogens with zero attached hydrogens (tertiary/aromatic N) is 5. The van der Waals surface area contributed by atoms with Gasteiger partial charge in [-0.15, -0.1) is 0 Å². The van der Waals surface area contributed by atoms with Gasteiger partial charge >= 0.3 is 6.03 Å². The molecule has 176 valence electrons. The van der Waals surface area contributed by atoms with Crippen LogP contribution in [0.3, 0.4) is 0 Å². The second-order valence-electron chi connectivity index (χ2n) is 8.29. The van der Waals surface area contributed by atoms with Crippen LogP contribution in [0.15, 0.2) is 70.3 Å². The van der Waals surface area contributed by atoms with Gasteiger partial charge in [-0.05, 0) is 48.9 Å². The molecule has 3 aliphatic rings. The number of hydrogen-bond acceptors (Lipinski definition) is 7. The molecule has 5 rings (SSSR count). The second-order valence-corrected chi connectivity index (χ2v) is 10.3. The number of nitrogens with two attached hydrogens (primary N) is 1. The zero-order valence-corrected chi connectivity index (χ0v) is 19.9. The minimum absolute atomic E-state index is 0.00636. The van der Waals surface area contributed by atoms with Gasteiger partial charge < -0.3 is 9.80 Å². The van der Waals surface area contributed by atoms with Gasteiger partial charge in [-0.1, -0.05) is 23.7 Å². The number of sulfonamides is 1. The average Bonchev–Trinajstić information content (AvgIpc) is 3.29. The molecule has 2 atom stereocenters. The number of carbonyl (C=O) groups excluding carboxylic acids is 2. The molecule has 3 amide bonds. The molecule has 1 saturated heterocycles. The van der Waals surface area contributed by atoms with E-state index < -0.39 is 28.3 Å². The number of halogens is 1. The highest BCUT2D eigenvalue weighted by molar-refractivity contribution is 7.89. The van der Waals surface area contributed by atoms with E-state index in [1.807, 2.05) is 13.0 Å². The number of rotatable bonds is 4. The second kappa shape index (κ2) is 7.83. The van der Waals surface area contributed by atoms with Gasteiger partial charge in [0.25, 0.3) is 5.91 Å². The molecule has 1 fully saturated rings. The number of imide groups is 1. The maximum Gasteiger partial charge on any atom is 0.328 e. The summed E-state index contributed by atoms with van der Waals surface area (Å²) in [5, 5.41) is 5.72. The Morgan fingerprint density at radius 1 is 1.12 bits per heavy atom.